The number of rotatable bonds is 5. The van der Waals surface area contributed by atoms with Crippen molar-refractivity contribution in [1.29, 1.82) is 0 Å². The summed E-state index contributed by atoms with van der Waals surface area (Å²) in [5, 5.41) is 3.81. The minimum absolute atomic E-state index is 0.418. The topological polar surface area (TPSA) is 71.0 Å². The molecule has 0 radical (unpaired) electrons. The van der Waals surface area contributed by atoms with Gasteiger partial charge in [-0.15, -0.1) is 0 Å². The summed E-state index contributed by atoms with van der Waals surface area (Å²) < 4.78 is 5.40. The summed E-state index contributed by atoms with van der Waals surface area (Å²) in [6.07, 6.45) is 5.01. The van der Waals surface area contributed by atoms with Crippen molar-refractivity contribution in [3.63, 3.8) is 0 Å². The first-order chi connectivity index (χ1) is 10.7. The molecule has 0 unspecified atom stereocenters. The van der Waals surface area contributed by atoms with Gasteiger partial charge in [-0.05, 0) is 30.5 Å². The Labute approximate surface area is 129 Å². The predicted molar refractivity (Wildman–Crippen MR) is 83.7 cm³/mol. The van der Waals surface area contributed by atoms with E-state index in [4.69, 9.17) is 4.74 Å². The van der Waals surface area contributed by atoms with E-state index in [9.17, 15) is 9.59 Å². The van der Waals surface area contributed by atoms with E-state index in [1.165, 1.54) is 11.1 Å². The number of ether oxygens (including phenoxy) is 1. The number of likely N-dealkylation sites (tertiary alicyclic amines) is 1. The second-order valence-electron chi connectivity index (χ2n) is 4.87. The van der Waals surface area contributed by atoms with Gasteiger partial charge in [-0.25, -0.2) is 5.43 Å². The van der Waals surface area contributed by atoms with Gasteiger partial charge in [0.15, 0.2) is 0 Å². The van der Waals surface area contributed by atoms with Gasteiger partial charge in [0.1, 0.15) is 12.4 Å². The van der Waals surface area contributed by atoms with Gasteiger partial charge in [0.05, 0.1) is 6.21 Å². The largest absolute Gasteiger partial charge is 0.490 e. The zero-order valence-electron chi connectivity index (χ0n) is 12.3. The van der Waals surface area contributed by atoms with Gasteiger partial charge in [-0.1, -0.05) is 24.8 Å². The van der Waals surface area contributed by atoms with Crippen LogP contribution in [0, 0.1) is 0 Å². The maximum absolute atomic E-state index is 11.8. The van der Waals surface area contributed by atoms with Crippen LogP contribution >= 0.6 is 0 Å². The molecule has 1 N–H and O–H groups in total. The van der Waals surface area contributed by atoms with E-state index in [1.807, 2.05) is 18.2 Å². The molecule has 2 amide bonds. The van der Waals surface area contributed by atoms with Crippen LogP contribution in [0.3, 0.4) is 0 Å². The molecule has 0 aromatic heterocycles. The van der Waals surface area contributed by atoms with Gasteiger partial charge in [-0.3, -0.25) is 9.59 Å². The second-order valence-corrected chi connectivity index (χ2v) is 4.87. The average Bonchev–Trinajstić information content (AvgIpc) is 3.07. The molecule has 116 valence electrons. The van der Waals surface area contributed by atoms with Crippen molar-refractivity contribution in [3.05, 3.63) is 42.5 Å². The highest BCUT2D eigenvalue weighted by Crippen LogP contribution is 2.12. The molecule has 6 heteroatoms. The molecular weight excluding hydrogens is 282 g/mol. The fourth-order valence-corrected chi connectivity index (χ4v) is 2.12. The number of carbonyl (C=O) groups is 2. The maximum atomic E-state index is 11.8. The van der Waals surface area contributed by atoms with Crippen molar-refractivity contribution < 1.29 is 14.3 Å². The van der Waals surface area contributed by atoms with Crippen LogP contribution in [0.25, 0.3) is 0 Å². The van der Waals surface area contributed by atoms with E-state index in [0.717, 1.165) is 18.4 Å². The summed E-state index contributed by atoms with van der Waals surface area (Å²) in [7, 11) is 0. The van der Waals surface area contributed by atoms with E-state index in [-0.39, 0.29) is 0 Å². The van der Waals surface area contributed by atoms with E-state index in [0.29, 0.717) is 25.4 Å². The third-order valence-electron chi connectivity index (χ3n) is 3.19. The van der Waals surface area contributed by atoms with Crippen molar-refractivity contribution >= 4 is 18.0 Å². The van der Waals surface area contributed by atoms with Crippen LogP contribution in [0.1, 0.15) is 18.4 Å². The highest BCUT2D eigenvalue weighted by atomic mass is 16.5. The lowest BCUT2D eigenvalue weighted by Gasteiger charge is -2.12. The molecule has 0 atom stereocenters. The molecule has 1 aliphatic heterocycles. The van der Waals surface area contributed by atoms with Crippen LogP contribution in [0.2, 0.25) is 0 Å². The van der Waals surface area contributed by atoms with Gasteiger partial charge in [0.25, 0.3) is 0 Å². The SMILES string of the molecule is C=CCOc1cccc(C=NNC(=O)C(=O)N2CCCC2)c1. The zero-order valence-corrected chi connectivity index (χ0v) is 12.3. The highest BCUT2D eigenvalue weighted by molar-refractivity contribution is 6.35. The molecular formula is C16H19N3O3. The minimum Gasteiger partial charge on any atom is -0.490 e. The zero-order chi connectivity index (χ0) is 15.8. The molecule has 0 spiro atoms. The van der Waals surface area contributed by atoms with Crippen molar-refractivity contribution in [1.82, 2.24) is 10.3 Å². The molecule has 0 saturated carbocycles. The van der Waals surface area contributed by atoms with Gasteiger partial charge in [0.2, 0.25) is 0 Å². The Balaban J connectivity index is 1.87. The molecule has 0 bridgehead atoms. The first kappa shape index (κ1) is 15.8. The fourth-order valence-electron chi connectivity index (χ4n) is 2.12. The quantitative estimate of drug-likeness (QED) is 0.386. The monoisotopic (exact) mass is 301 g/mol. The van der Waals surface area contributed by atoms with Crippen LogP contribution in [0.5, 0.6) is 5.75 Å². The molecule has 1 aromatic carbocycles. The molecule has 0 aliphatic carbocycles. The summed E-state index contributed by atoms with van der Waals surface area (Å²) in [4.78, 5) is 25.0. The first-order valence-electron chi connectivity index (χ1n) is 7.17. The Hall–Kier alpha value is -2.63. The minimum atomic E-state index is -0.711. The van der Waals surface area contributed by atoms with Crippen LogP contribution in [0.4, 0.5) is 0 Å². The molecule has 6 nitrogen and oxygen atoms in total. The van der Waals surface area contributed by atoms with Gasteiger partial charge < -0.3 is 9.64 Å². The standard InChI is InChI=1S/C16H19N3O3/c1-2-10-22-14-7-5-6-13(11-14)12-17-18-15(20)16(21)19-8-3-4-9-19/h2,5-7,11-12H,1,3-4,8-10H2,(H,18,20). The number of hydrogen-bond acceptors (Lipinski definition) is 4. The summed E-state index contributed by atoms with van der Waals surface area (Å²) in [5.41, 5.74) is 3.01. The Morgan fingerprint density at radius 3 is 2.86 bits per heavy atom. The molecule has 1 fully saturated rings. The van der Waals surface area contributed by atoms with E-state index in [1.54, 1.807) is 12.1 Å². The normalized spacial score (nSPS) is 14.1. The Kier molecular flexibility index (Phi) is 5.71. The van der Waals surface area contributed by atoms with Crippen molar-refractivity contribution in [3.8, 4) is 5.75 Å². The number of nitrogens with zero attached hydrogens (tertiary/aromatic N) is 2. The van der Waals surface area contributed by atoms with Crippen molar-refractivity contribution in [2.24, 2.45) is 5.10 Å². The number of hydrogen-bond donors (Lipinski definition) is 1. The third-order valence-corrected chi connectivity index (χ3v) is 3.19. The molecule has 1 saturated heterocycles. The smallest absolute Gasteiger partial charge is 0.329 e. The summed E-state index contributed by atoms with van der Waals surface area (Å²) in [5.74, 6) is -0.557. The Bertz CT molecular complexity index is 578. The first-order valence-corrected chi connectivity index (χ1v) is 7.17. The van der Waals surface area contributed by atoms with Gasteiger partial charge in [0, 0.05) is 13.1 Å². The van der Waals surface area contributed by atoms with Crippen LogP contribution < -0.4 is 10.2 Å². The average molecular weight is 301 g/mol. The van der Waals surface area contributed by atoms with Gasteiger partial charge in [-0.2, -0.15) is 5.10 Å². The summed E-state index contributed by atoms with van der Waals surface area (Å²) in [6.45, 7) is 5.27. The van der Waals surface area contributed by atoms with Crippen molar-refractivity contribution in [2.75, 3.05) is 19.7 Å². The van der Waals surface area contributed by atoms with Crippen LogP contribution in [-0.4, -0.2) is 42.6 Å². The molecule has 2 rings (SSSR count). The lowest BCUT2D eigenvalue weighted by atomic mass is 10.2. The fraction of sp³-hybridized carbons (Fsp3) is 0.312. The molecule has 1 aromatic rings. The maximum Gasteiger partial charge on any atom is 0.329 e. The summed E-state index contributed by atoms with van der Waals surface area (Å²) >= 11 is 0. The van der Waals surface area contributed by atoms with Crippen molar-refractivity contribution in [2.45, 2.75) is 12.8 Å². The third kappa shape index (κ3) is 4.44. The van der Waals surface area contributed by atoms with E-state index >= 15 is 0 Å². The molecule has 22 heavy (non-hydrogen) atoms. The Morgan fingerprint density at radius 2 is 2.14 bits per heavy atom. The van der Waals surface area contributed by atoms with Crippen LogP contribution in [0.15, 0.2) is 42.0 Å². The van der Waals surface area contributed by atoms with E-state index in [2.05, 4.69) is 17.1 Å². The lowest BCUT2D eigenvalue weighted by molar-refractivity contribution is -0.145. The number of carbonyl (C=O) groups excluding carboxylic acids is 2. The number of amides is 2. The second kappa shape index (κ2) is 7.97. The predicted octanol–water partition coefficient (Wildman–Crippen LogP) is 1.32. The number of benzene rings is 1. The number of hydrazone groups is 1. The molecule has 1 heterocycles. The highest BCUT2D eigenvalue weighted by Gasteiger charge is 2.23. The molecule has 1 aliphatic rings. The summed E-state index contributed by atoms with van der Waals surface area (Å²) in [6, 6.07) is 7.23. The lowest BCUT2D eigenvalue weighted by Crippen LogP contribution is -2.39. The van der Waals surface area contributed by atoms with E-state index < -0.39 is 11.8 Å². The Morgan fingerprint density at radius 1 is 1.36 bits per heavy atom. The van der Waals surface area contributed by atoms with Crippen LogP contribution in [-0.2, 0) is 9.59 Å². The number of nitrogens with one attached hydrogen (secondary N) is 1. The van der Waals surface area contributed by atoms with Gasteiger partial charge >= 0.3 is 11.8 Å².